The highest BCUT2D eigenvalue weighted by Crippen LogP contribution is 2.29. The Bertz CT molecular complexity index is 1600. The van der Waals surface area contributed by atoms with E-state index in [1.54, 1.807) is 47.9 Å². The van der Waals surface area contributed by atoms with Crippen molar-refractivity contribution >= 4 is 38.4 Å². The van der Waals surface area contributed by atoms with Gasteiger partial charge in [-0.25, -0.2) is 8.78 Å². The van der Waals surface area contributed by atoms with Gasteiger partial charge in [0.2, 0.25) is 5.43 Å². The summed E-state index contributed by atoms with van der Waals surface area (Å²) >= 11 is 3.45. The smallest absolute Gasteiger partial charge is 0.263 e. The second-order valence-corrected chi connectivity index (χ2v) is 10.8. The summed E-state index contributed by atoms with van der Waals surface area (Å²) in [5, 5.41) is 1.28. The van der Waals surface area contributed by atoms with Crippen LogP contribution in [0.4, 0.5) is 14.5 Å². The molecule has 4 aromatic rings. The van der Waals surface area contributed by atoms with E-state index in [9.17, 15) is 18.4 Å². The number of anilines is 1. The number of ether oxygens (including phenoxy) is 3. The van der Waals surface area contributed by atoms with E-state index in [2.05, 4.69) is 15.9 Å². The first-order valence-electron chi connectivity index (χ1n) is 14.2. The van der Waals surface area contributed by atoms with Crippen molar-refractivity contribution in [2.24, 2.45) is 0 Å². The van der Waals surface area contributed by atoms with Crippen LogP contribution in [0.2, 0.25) is 0 Å². The van der Waals surface area contributed by atoms with Gasteiger partial charge in [-0.05, 0) is 44.0 Å². The predicted octanol–water partition coefficient (Wildman–Crippen LogP) is 7.68. The monoisotopic (exact) mass is 656 g/mol. The third-order valence-electron chi connectivity index (χ3n) is 7.09. The molecule has 0 aliphatic rings. The lowest BCUT2D eigenvalue weighted by molar-refractivity contribution is 0.0987. The third-order valence-corrected chi connectivity index (χ3v) is 7.65. The van der Waals surface area contributed by atoms with Crippen molar-refractivity contribution in [1.82, 2.24) is 4.57 Å². The maximum absolute atomic E-state index is 14.0. The molecule has 1 amide bonds. The van der Waals surface area contributed by atoms with Gasteiger partial charge in [0.15, 0.2) is 0 Å². The van der Waals surface area contributed by atoms with Crippen molar-refractivity contribution in [2.45, 2.75) is 39.0 Å². The highest BCUT2D eigenvalue weighted by Gasteiger charge is 2.23. The van der Waals surface area contributed by atoms with Gasteiger partial charge in [-0.2, -0.15) is 0 Å². The van der Waals surface area contributed by atoms with Crippen LogP contribution in [0.25, 0.3) is 16.6 Å². The lowest BCUT2D eigenvalue weighted by atomic mass is 10.1. The normalized spacial score (nSPS) is 11.0. The summed E-state index contributed by atoms with van der Waals surface area (Å²) in [7, 11) is 3.06. The quantitative estimate of drug-likeness (QED) is 0.103. The number of carbonyl (C=O) groups is 1. The average Bonchev–Trinajstić information content (AvgIpc) is 3.00. The summed E-state index contributed by atoms with van der Waals surface area (Å²) in [6.07, 6.45) is 6.86. The van der Waals surface area contributed by atoms with E-state index in [4.69, 9.17) is 14.2 Å². The number of halogens is 3. The molecule has 0 aliphatic heterocycles. The number of pyridine rings is 1. The zero-order chi connectivity index (χ0) is 30.9. The minimum atomic E-state index is -0.827. The fraction of sp³-hybridized carbons (Fsp3) is 0.333. The minimum absolute atomic E-state index is 0.00929. The molecule has 0 aliphatic carbocycles. The van der Waals surface area contributed by atoms with Crippen molar-refractivity contribution in [1.29, 1.82) is 0 Å². The second-order valence-electron chi connectivity index (χ2n) is 9.97. The van der Waals surface area contributed by atoms with Crippen LogP contribution in [0, 0.1) is 11.6 Å². The Morgan fingerprint density at radius 2 is 1.51 bits per heavy atom. The number of carbonyl (C=O) groups excluding carboxylic acids is 1. The zero-order valence-electron chi connectivity index (χ0n) is 24.5. The lowest BCUT2D eigenvalue weighted by Crippen LogP contribution is -2.35. The molecule has 0 atom stereocenters. The maximum atomic E-state index is 14.0. The van der Waals surface area contributed by atoms with E-state index in [1.165, 1.54) is 31.7 Å². The number of hydrogen-bond donors (Lipinski definition) is 0. The summed E-state index contributed by atoms with van der Waals surface area (Å²) < 4.78 is 46.7. The molecule has 10 heteroatoms. The fourth-order valence-corrected chi connectivity index (χ4v) is 5.29. The van der Waals surface area contributed by atoms with E-state index >= 15 is 0 Å². The summed E-state index contributed by atoms with van der Waals surface area (Å²) in [5.74, 6) is -0.749. The molecule has 1 heterocycles. The van der Waals surface area contributed by atoms with Gasteiger partial charge in [0.1, 0.15) is 34.4 Å². The number of amides is 1. The predicted molar refractivity (Wildman–Crippen MR) is 169 cm³/mol. The van der Waals surface area contributed by atoms with Crippen LogP contribution in [0.1, 0.15) is 49.4 Å². The van der Waals surface area contributed by atoms with E-state index < -0.39 is 23.0 Å². The molecule has 228 valence electrons. The van der Waals surface area contributed by atoms with Gasteiger partial charge in [-0.3, -0.25) is 9.59 Å². The number of fused-ring (bicyclic) bond motifs is 1. The number of unbranched alkanes of at least 4 members (excludes halogenated alkanes) is 4. The molecule has 1 aromatic heterocycles. The standard InChI is InChI=1S/C33H35BrF2N2O5/c1-4-37(24-15-22(35)14-23(36)16-24)33(40)30-21-38(25-17-27(41-2)19-28(18-25)42-3)31-20-26(10-11-29(31)32(30)39)43-13-9-7-5-6-8-12-34/h10-11,14-21H,4-9,12-13H2,1-3H3. The average molecular weight is 658 g/mol. The lowest BCUT2D eigenvalue weighted by Gasteiger charge is -2.22. The van der Waals surface area contributed by atoms with Gasteiger partial charge >= 0.3 is 0 Å². The largest absolute Gasteiger partial charge is 0.497 e. The Hall–Kier alpha value is -3.92. The van der Waals surface area contributed by atoms with Crippen LogP contribution in [-0.2, 0) is 0 Å². The molecule has 0 unspecified atom stereocenters. The molecule has 0 fully saturated rings. The zero-order valence-corrected chi connectivity index (χ0v) is 26.1. The number of benzene rings is 3. The number of methoxy groups -OCH3 is 2. The van der Waals surface area contributed by atoms with Crippen LogP contribution in [0.5, 0.6) is 17.2 Å². The summed E-state index contributed by atoms with van der Waals surface area (Å²) in [6.45, 7) is 2.27. The number of aromatic nitrogens is 1. The summed E-state index contributed by atoms with van der Waals surface area (Å²) in [6, 6.07) is 13.2. The topological polar surface area (TPSA) is 70.0 Å². The maximum Gasteiger partial charge on any atom is 0.263 e. The molecule has 3 aromatic carbocycles. The Morgan fingerprint density at radius 1 is 0.860 bits per heavy atom. The van der Waals surface area contributed by atoms with Crippen LogP contribution in [-0.4, -0.2) is 43.2 Å². The van der Waals surface area contributed by atoms with Gasteiger partial charge in [-0.1, -0.05) is 35.2 Å². The first-order valence-corrected chi connectivity index (χ1v) is 15.3. The third kappa shape index (κ3) is 7.73. The van der Waals surface area contributed by atoms with E-state index in [0.717, 1.165) is 49.2 Å². The van der Waals surface area contributed by atoms with Crippen LogP contribution in [0.3, 0.4) is 0 Å². The highest BCUT2D eigenvalue weighted by atomic mass is 79.9. The molecule has 0 saturated heterocycles. The van der Waals surface area contributed by atoms with Crippen molar-refractivity contribution in [3.8, 4) is 22.9 Å². The van der Waals surface area contributed by atoms with Crippen molar-refractivity contribution < 1.29 is 27.8 Å². The summed E-state index contributed by atoms with van der Waals surface area (Å²) in [4.78, 5) is 28.8. The minimum Gasteiger partial charge on any atom is -0.497 e. The number of alkyl halides is 1. The van der Waals surface area contributed by atoms with E-state index in [1.807, 2.05) is 0 Å². The van der Waals surface area contributed by atoms with Gasteiger partial charge in [0.25, 0.3) is 5.91 Å². The molecular formula is C33H35BrF2N2O5. The van der Waals surface area contributed by atoms with Crippen molar-refractivity contribution in [3.05, 3.63) is 88.2 Å². The second kappa shape index (κ2) is 15.0. The Morgan fingerprint density at radius 3 is 2.14 bits per heavy atom. The van der Waals surface area contributed by atoms with Crippen LogP contribution >= 0.6 is 15.9 Å². The van der Waals surface area contributed by atoms with Gasteiger partial charge in [0, 0.05) is 59.5 Å². The molecule has 0 spiro atoms. The van der Waals surface area contributed by atoms with Gasteiger partial charge < -0.3 is 23.7 Å². The Balaban J connectivity index is 1.80. The molecular weight excluding hydrogens is 622 g/mol. The fourth-order valence-electron chi connectivity index (χ4n) is 4.89. The van der Waals surface area contributed by atoms with Crippen LogP contribution in [0.15, 0.2) is 65.6 Å². The highest BCUT2D eigenvalue weighted by molar-refractivity contribution is 9.09. The first kappa shape index (κ1) is 32.0. The van der Waals surface area contributed by atoms with E-state index in [-0.39, 0.29) is 23.2 Å². The SMILES string of the molecule is CCN(C(=O)c1cn(-c2cc(OC)cc(OC)c2)c2cc(OCCCCCCCBr)ccc2c1=O)c1cc(F)cc(F)c1. The van der Waals surface area contributed by atoms with Gasteiger partial charge in [-0.15, -0.1) is 0 Å². The molecule has 4 rings (SSSR count). The molecule has 7 nitrogen and oxygen atoms in total. The Kier molecular flexibility index (Phi) is 11.2. The molecule has 0 radical (unpaired) electrons. The Labute approximate surface area is 258 Å². The van der Waals surface area contributed by atoms with E-state index in [0.29, 0.717) is 35.1 Å². The molecule has 0 saturated carbocycles. The number of hydrogen-bond acceptors (Lipinski definition) is 5. The molecule has 0 N–H and O–H groups in total. The molecule has 0 bridgehead atoms. The number of nitrogens with zero attached hydrogens (tertiary/aromatic N) is 2. The van der Waals surface area contributed by atoms with Crippen molar-refractivity contribution in [2.75, 3.05) is 37.6 Å². The van der Waals surface area contributed by atoms with Crippen molar-refractivity contribution in [3.63, 3.8) is 0 Å². The first-order chi connectivity index (χ1) is 20.8. The van der Waals surface area contributed by atoms with Crippen LogP contribution < -0.4 is 24.5 Å². The summed E-state index contributed by atoms with van der Waals surface area (Å²) in [5.41, 5.74) is 0.401. The number of rotatable bonds is 14. The van der Waals surface area contributed by atoms with Gasteiger partial charge in [0.05, 0.1) is 32.0 Å². The molecule has 43 heavy (non-hydrogen) atoms.